The highest BCUT2D eigenvalue weighted by Gasteiger charge is 2.05. The van der Waals surface area contributed by atoms with Crippen LogP contribution in [0.25, 0.3) is 4.85 Å². The van der Waals surface area contributed by atoms with Crippen molar-refractivity contribution >= 4 is 5.69 Å². The number of para-hydroxylation sites is 1. The second-order valence-corrected chi connectivity index (χ2v) is 3.22. The molecule has 0 spiro atoms. The largest absolute Gasteiger partial charge is 0.293 e. The number of hydrogen-bond acceptors (Lipinski definition) is 2. The smallest absolute Gasteiger partial charge is 0.293 e. The van der Waals surface area contributed by atoms with E-state index in [1.54, 1.807) is 11.1 Å². The van der Waals surface area contributed by atoms with Crippen molar-refractivity contribution in [2.45, 2.75) is 13.3 Å². The molecule has 0 aliphatic rings. The molecular weight excluding hydrogens is 198 g/mol. The molecule has 0 N–H and O–H groups in total. The average molecular weight is 211 g/mol. The van der Waals surface area contributed by atoms with Crippen molar-refractivity contribution in [3.63, 3.8) is 0 Å². The molecule has 1 rings (SSSR count). The summed E-state index contributed by atoms with van der Waals surface area (Å²) in [5.41, 5.74) is 1.60. The SMILES string of the molecule is [C-]#[N+]CN(/C=C(\C#N)CC)c1ccccc1. The van der Waals surface area contributed by atoms with Gasteiger partial charge >= 0.3 is 0 Å². The van der Waals surface area contributed by atoms with Gasteiger partial charge in [-0.2, -0.15) is 5.26 Å². The number of rotatable bonds is 4. The summed E-state index contributed by atoms with van der Waals surface area (Å²) in [5, 5.41) is 8.87. The van der Waals surface area contributed by atoms with Gasteiger partial charge in [-0.3, -0.25) is 9.74 Å². The van der Waals surface area contributed by atoms with E-state index in [1.807, 2.05) is 37.3 Å². The fourth-order valence-corrected chi connectivity index (χ4v) is 1.28. The quantitative estimate of drug-likeness (QED) is 0.565. The first-order valence-electron chi connectivity index (χ1n) is 5.07. The van der Waals surface area contributed by atoms with E-state index in [0.717, 1.165) is 5.69 Å². The molecule has 0 bridgehead atoms. The second-order valence-electron chi connectivity index (χ2n) is 3.22. The summed E-state index contributed by atoms with van der Waals surface area (Å²) in [6.45, 7) is 9.07. The maximum Gasteiger partial charge on any atom is 0.293 e. The fourth-order valence-electron chi connectivity index (χ4n) is 1.28. The van der Waals surface area contributed by atoms with E-state index in [2.05, 4.69) is 10.9 Å². The molecule has 0 aliphatic carbocycles. The fraction of sp³-hybridized carbons (Fsp3) is 0.231. The van der Waals surface area contributed by atoms with Crippen molar-refractivity contribution in [3.8, 4) is 6.07 Å². The highest BCUT2D eigenvalue weighted by Crippen LogP contribution is 2.15. The Balaban J connectivity index is 2.98. The van der Waals surface area contributed by atoms with Gasteiger partial charge in [0.05, 0.1) is 6.07 Å². The molecule has 0 atom stereocenters. The molecule has 0 amide bonds. The van der Waals surface area contributed by atoms with Crippen LogP contribution in [0.1, 0.15) is 13.3 Å². The van der Waals surface area contributed by atoms with Crippen LogP contribution >= 0.6 is 0 Å². The Morgan fingerprint density at radius 1 is 1.50 bits per heavy atom. The number of benzene rings is 1. The summed E-state index contributed by atoms with van der Waals surface area (Å²) in [4.78, 5) is 5.14. The van der Waals surface area contributed by atoms with Gasteiger partial charge in [-0.15, -0.1) is 0 Å². The molecule has 1 aromatic carbocycles. The van der Waals surface area contributed by atoms with E-state index < -0.39 is 0 Å². The van der Waals surface area contributed by atoms with Crippen LogP contribution in [0.15, 0.2) is 42.1 Å². The average Bonchev–Trinajstić information content (AvgIpc) is 2.35. The number of nitrogens with zero attached hydrogens (tertiary/aromatic N) is 3. The van der Waals surface area contributed by atoms with Crippen molar-refractivity contribution in [3.05, 3.63) is 53.5 Å². The van der Waals surface area contributed by atoms with Crippen LogP contribution in [0.4, 0.5) is 5.69 Å². The maximum absolute atomic E-state index is 8.87. The van der Waals surface area contributed by atoms with Gasteiger partial charge in [0.1, 0.15) is 0 Å². The molecule has 0 saturated heterocycles. The third-order valence-corrected chi connectivity index (χ3v) is 2.15. The van der Waals surface area contributed by atoms with Crippen LogP contribution in [-0.4, -0.2) is 6.67 Å². The molecular formula is C13H13N3. The Bertz CT molecular complexity index is 434. The van der Waals surface area contributed by atoms with Crippen LogP contribution in [0.3, 0.4) is 0 Å². The van der Waals surface area contributed by atoms with Gasteiger partial charge in [0.2, 0.25) is 0 Å². The van der Waals surface area contributed by atoms with Crippen LogP contribution in [-0.2, 0) is 0 Å². The zero-order valence-electron chi connectivity index (χ0n) is 9.22. The third-order valence-electron chi connectivity index (χ3n) is 2.15. The van der Waals surface area contributed by atoms with Crippen molar-refractivity contribution < 1.29 is 0 Å². The summed E-state index contributed by atoms with van der Waals surface area (Å²) in [7, 11) is 0. The normalized spacial score (nSPS) is 10.3. The standard InChI is InChI=1S/C13H13N3/c1-3-12(9-14)10-16(11-15-2)13-7-5-4-6-8-13/h4-8,10H,3,11H2,1H3/b12-10-. The third kappa shape index (κ3) is 3.15. The molecule has 1 aromatic rings. The van der Waals surface area contributed by atoms with Crippen LogP contribution < -0.4 is 4.90 Å². The number of nitriles is 1. The molecule has 3 nitrogen and oxygen atoms in total. The number of allylic oxidation sites excluding steroid dienone is 1. The molecule has 16 heavy (non-hydrogen) atoms. The Hall–Kier alpha value is -2.26. The molecule has 80 valence electrons. The van der Waals surface area contributed by atoms with Crippen LogP contribution in [0.2, 0.25) is 0 Å². The van der Waals surface area contributed by atoms with Gasteiger partial charge < -0.3 is 0 Å². The van der Waals surface area contributed by atoms with Gasteiger partial charge in [-0.25, -0.2) is 6.57 Å². The van der Waals surface area contributed by atoms with Crippen molar-refractivity contribution in [2.75, 3.05) is 11.6 Å². The summed E-state index contributed by atoms with van der Waals surface area (Å²) in [6.07, 6.45) is 2.42. The molecule has 0 heterocycles. The van der Waals surface area contributed by atoms with Crippen LogP contribution in [0, 0.1) is 17.9 Å². The Morgan fingerprint density at radius 3 is 2.69 bits per heavy atom. The molecule has 0 saturated carbocycles. The minimum Gasteiger partial charge on any atom is -0.293 e. The van der Waals surface area contributed by atoms with E-state index in [0.29, 0.717) is 12.0 Å². The lowest BCUT2D eigenvalue weighted by Gasteiger charge is -2.14. The van der Waals surface area contributed by atoms with E-state index >= 15 is 0 Å². The zero-order chi connectivity index (χ0) is 11.8. The number of anilines is 1. The zero-order valence-corrected chi connectivity index (χ0v) is 9.22. The molecule has 0 aromatic heterocycles. The lowest BCUT2D eigenvalue weighted by molar-refractivity contribution is 1.04. The summed E-state index contributed by atoms with van der Waals surface area (Å²) >= 11 is 0. The predicted octanol–water partition coefficient (Wildman–Crippen LogP) is 3.19. The predicted molar refractivity (Wildman–Crippen MR) is 64.4 cm³/mol. The van der Waals surface area contributed by atoms with Crippen molar-refractivity contribution in [1.29, 1.82) is 5.26 Å². The van der Waals surface area contributed by atoms with Gasteiger partial charge in [-0.1, -0.05) is 25.1 Å². The summed E-state index contributed by atoms with van der Waals surface area (Å²) in [6, 6.07) is 11.7. The highest BCUT2D eigenvalue weighted by molar-refractivity contribution is 5.50. The minimum atomic E-state index is 0.231. The van der Waals surface area contributed by atoms with Crippen molar-refractivity contribution in [1.82, 2.24) is 0 Å². The maximum atomic E-state index is 8.87. The van der Waals surface area contributed by atoms with Gasteiger partial charge in [0.15, 0.2) is 0 Å². The van der Waals surface area contributed by atoms with E-state index in [4.69, 9.17) is 11.8 Å². The molecule has 0 aliphatic heterocycles. The lowest BCUT2D eigenvalue weighted by Crippen LogP contribution is -2.15. The molecule has 0 fully saturated rings. The monoisotopic (exact) mass is 211 g/mol. The first-order chi connectivity index (χ1) is 7.81. The number of hydrogen-bond donors (Lipinski definition) is 0. The summed E-state index contributed by atoms with van der Waals surface area (Å²) < 4.78 is 0. The Labute approximate surface area is 96.1 Å². The highest BCUT2D eigenvalue weighted by atomic mass is 15.2. The second kappa shape index (κ2) is 6.27. The lowest BCUT2D eigenvalue weighted by atomic mass is 10.2. The van der Waals surface area contributed by atoms with Gasteiger partial charge in [0, 0.05) is 17.5 Å². The molecule has 0 unspecified atom stereocenters. The van der Waals surface area contributed by atoms with Crippen LogP contribution in [0.5, 0.6) is 0 Å². The van der Waals surface area contributed by atoms with Gasteiger partial charge in [-0.05, 0) is 18.6 Å². The Kier molecular flexibility index (Phi) is 4.63. The Morgan fingerprint density at radius 2 is 2.19 bits per heavy atom. The molecule has 0 radical (unpaired) electrons. The van der Waals surface area contributed by atoms with E-state index in [9.17, 15) is 0 Å². The van der Waals surface area contributed by atoms with Crippen molar-refractivity contribution in [2.24, 2.45) is 0 Å². The first kappa shape index (κ1) is 11.8. The molecule has 3 heteroatoms. The minimum absolute atomic E-state index is 0.231. The summed E-state index contributed by atoms with van der Waals surface area (Å²) in [5.74, 6) is 0. The van der Waals surface area contributed by atoms with Gasteiger partial charge in [0.25, 0.3) is 6.67 Å². The first-order valence-corrected chi connectivity index (χ1v) is 5.07. The topological polar surface area (TPSA) is 31.4 Å². The van der Waals surface area contributed by atoms with E-state index in [-0.39, 0.29) is 6.67 Å². The van der Waals surface area contributed by atoms with E-state index in [1.165, 1.54) is 0 Å².